The molecule has 5 nitrogen and oxygen atoms in total. The minimum absolute atomic E-state index is 0.161. The van der Waals surface area contributed by atoms with Crippen LogP contribution < -0.4 is 0 Å². The van der Waals surface area contributed by atoms with Gasteiger partial charge in [0.2, 0.25) is 5.91 Å². The average molecular weight is 393 g/mol. The number of amides is 1. The Morgan fingerprint density at radius 1 is 1.00 bits per heavy atom. The van der Waals surface area contributed by atoms with Crippen LogP contribution in [0.5, 0.6) is 0 Å². The van der Waals surface area contributed by atoms with Crippen molar-refractivity contribution in [3.8, 4) is 11.4 Å². The molecule has 0 bridgehead atoms. The van der Waals surface area contributed by atoms with Crippen LogP contribution in [-0.4, -0.2) is 38.7 Å². The van der Waals surface area contributed by atoms with E-state index in [0.29, 0.717) is 0 Å². The van der Waals surface area contributed by atoms with E-state index in [0.717, 1.165) is 53.6 Å². The number of carbonyl (C=O) groups excluding carboxylic acids is 1. The zero-order chi connectivity index (χ0) is 19.5. The van der Waals surface area contributed by atoms with Crippen LogP contribution in [0.4, 0.5) is 0 Å². The summed E-state index contributed by atoms with van der Waals surface area (Å²) in [6.45, 7) is 3.76. The number of thioether (sulfide) groups is 1. The lowest BCUT2D eigenvalue weighted by Crippen LogP contribution is -2.31. The van der Waals surface area contributed by atoms with Gasteiger partial charge in [-0.05, 0) is 30.9 Å². The van der Waals surface area contributed by atoms with Crippen molar-refractivity contribution in [1.29, 1.82) is 0 Å². The van der Waals surface area contributed by atoms with Gasteiger partial charge in [-0.1, -0.05) is 66.4 Å². The second-order valence-corrected chi connectivity index (χ2v) is 8.19. The zero-order valence-electron chi connectivity index (χ0n) is 16.2. The van der Waals surface area contributed by atoms with E-state index >= 15 is 0 Å². The number of likely N-dealkylation sites (tertiary alicyclic amines) is 1. The summed E-state index contributed by atoms with van der Waals surface area (Å²) in [6, 6.07) is 18.1. The van der Waals surface area contributed by atoms with E-state index in [1.54, 1.807) is 0 Å². The van der Waals surface area contributed by atoms with Crippen LogP contribution in [0.15, 0.2) is 59.8 Å². The Hall–Kier alpha value is -2.60. The second kappa shape index (κ2) is 8.19. The number of aromatic nitrogens is 3. The molecule has 4 rings (SSSR count). The smallest absolute Gasteiger partial charge is 0.240 e. The van der Waals surface area contributed by atoms with E-state index < -0.39 is 0 Å². The van der Waals surface area contributed by atoms with E-state index in [-0.39, 0.29) is 11.2 Å². The van der Waals surface area contributed by atoms with Crippen molar-refractivity contribution >= 4 is 17.7 Å². The summed E-state index contributed by atoms with van der Waals surface area (Å²) >= 11 is 1.48. The molecule has 2 aromatic carbocycles. The molecule has 0 radical (unpaired) electrons. The quantitative estimate of drug-likeness (QED) is 0.609. The first-order valence-electron chi connectivity index (χ1n) is 9.61. The van der Waals surface area contributed by atoms with Crippen molar-refractivity contribution in [2.75, 3.05) is 13.1 Å². The average Bonchev–Trinajstić information content (AvgIpc) is 3.37. The number of hydrogen-bond acceptors (Lipinski definition) is 4. The predicted molar refractivity (Wildman–Crippen MR) is 112 cm³/mol. The third kappa shape index (κ3) is 3.69. The lowest BCUT2D eigenvalue weighted by Gasteiger charge is -2.22. The maximum Gasteiger partial charge on any atom is 0.240 e. The Morgan fingerprint density at radius 2 is 1.68 bits per heavy atom. The summed E-state index contributed by atoms with van der Waals surface area (Å²) < 4.78 is 1.99. The van der Waals surface area contributed by atoms with Crippen molar-refractivity contribution < 1.29 is 4.79 Å². The van der Waals surface area contributed by atoms with E-state index in [1.165, 1.54) is 11.8 Å². The number of aryl methyl sites for hydroxylation is 1. The SMILES string of the molecule is Cc1ccccc1-c1nnc(S[C@@H](C(=O)N2CCCC2)c2ccccc2)n1C. The van der Waals surface area contributed by atoms with Gasteiger partial charge in [0.1, 0.15) is 5.25 Å². The first kappa shape index (κ1) is 18.7. The lowest BCUT2D eigenvalue weighted by molar-refractivity contribution is -0.129. The van der Waals surface area contributed by atoms with Crippen molar-refractivity contribution in [3.63, 3.8) is 0 Å². The summed E-state index contributed by atoms with van der Waals surface area (Å²) in [6.07, 6.45) is 2.17. The van der Waals surface area contributed by atoms with Crippen LogP contribution in [0.3, 0.4) is 0 Å². The van der Waals surface area contributed by atoms with Crippen LogP contribution in [0.2, 0.25) is 0 Å². The third-order valence-electron chi connectivity index (χ3n) is 5.19. The fourth-order valence-corrected chi connectivity index (χ4v) is 4.66. The monoisotopic (exact) mass is 392 g/mol. The highest BCUT2D eigenvalue weighted by Gasteiger charge is 2.30. The zero-order valence-corrected chi connectivity index (χ0v) is 17.0. The molecule has 0 spiro atoms. The normalized spacial score (nSPS) is 15.0. The van der Waals surface area contributed by atoms with Gasteiger partial charge >= 0.3 is 0 Å². The van der Waals surface area contributed by atoms with Gasteiger partial charge in [0.25, 0.3) is 0 Å². The molecule has 1 atom stereocenters. The van der Waals surface area contributed by atoms with Crippen LogP contribution in [-0.2, 0) is 11.8 Å². The molecule has 28 heavy (non-hydrogen) atoms. The minimum Gasteiger partial charge on any atom is -0.341 e. The molecule has 1 aliphatic heterocycles. The molecule has 1 amide bonds. The molecule has 144 valence electrons. The minimum atomic E-state index is -0.313. The maximum absolute atomic E-state index is 13.2. The van der Waals surface area contributed by atoms with Gasteiger partial charge in [0.15, 0.2) is 11.0 Å². The number of carbonyl (C=O) groups is 1. The molecule has 1 fully saturated rings. The summed E-state index contributed by atoms with van der Waals surface area (Å²) in [5.41, 5.74) is 3.22. The molecule has 1 aromatic heterocycles. The summed E-state index contributed by atoms with van der Waals surface area (Å²) in [5.74, 6) is 0.982. The third-order valence-corrected chi connectivity index (χ3v) is 6.46. The molecule has 1 aliphatic rings. The molecule has 3 aromatic rings. The molecule has 0 N–H and O–H groups in total. The molecule has 6 heteroatoms. The van der Waals surface area contributed by atoms with Crippen molar-refractivity contribution in [2.45, 2.75) is 30.2 Å². The predicted octanol–water partition coefficient (Wildman–Crippen LogP) is 4.25. The van der Waals surface area contributed by atoms with Gasteiger partial charge in [-0.15, -0.1) is 10.2 Å². The van der Waals surface area contributed by atoms with Gasteiger partial charge in [0.05, 0.1) is 0 Å². The largest absolute Gasteiger partial charge is 0.341 e. The van der Waals surface area contributed by atoms with Gasteiger partial charge in [-0.2, -0.15) is 0 Å². The lowest BCUT2D eigenvalue weighted by atomic mass is 10.1. The van der Waals surface area contributed by atoms with Crippen LogP contribution in [0, 0.1) is 6.92 Å². The van der Waals surface area contributed by atoms with Gasteiger partial charge in [0, 0.05) is 25.7 Å². The standard InChI is InChI=1S/C22H24N4OS/c1-16-10-6-7-13-18(16)20-23-24-22(25(20)2)28-19(17-11-4-3-5-12-17)21(27)26-14-8-9-15-26/h3-7,10-13,19H,8-9,14-15H2,1-2H3/t19-/m1/s1. The van der Waals surface area contributed by atoms with Crippen molar-refractivity contribution in [1.82, 2.24) is 19.7 Å². The summed E-state index contributed by atoms with van der Waals surface area (Å²) in [7, 11) is 1.96. The van der Waals surface area contributed by atoms with Crippen molar-refractivity contribution in [2.24, 2.45) is 7.05 Å². The van der Waals surface area contributed by atoms with Crippen LogP contribution >= 0.6 is 11.8 Å². The van der Waals surface area contributed by atoms with Gasteiger partial charge in [-0.3, -0.25) is 4.79 Å². The Labute approximate surface area is 169 Å². The molecular weight excluding hydrogens is 368 g/mol. The molecule has 0 unspecified atom stereocenters. The Morgan fingerprint density at radius 3 is 2.39 bits per heavy atom. The topological polar surface area (TPSA) is 51.0 Å². The molecule has 1 saturated heterocycles. The second-order valence-electron chi connectivity index (χ2n) is 7.12. The molecular formula is C22H24N4OS. The molecule has 0 aliphatic carbocycles. The highest BCUT2D eigenvalue weighted by Crippen LogP contribution is 2.37. The Balaban J connectivity index is 1.66. The van der Waals surface area contributed by atoms with Crippen LogP contribution in [0.25, 0.3) is 11.4 Å². The molecule has 2 heterocycles. The van der Waals surface area contributed by atoms with E-state index in [1.807, 2.05) is 59.0 Å². The maximum atomic E-state index is 13.2. The molecule has 0 saturated carbocycles. The highest BCUT2D eigenvalue weighted by molar-refractivity contribution is 8.00. The Kier molecular flexibility index (Phi) is 5.48. The number of hydrogen-bond donors (Lipinski definition) is 0. The van der Waals surface area contributed by atoms with E-state index in [9.17, 15) is 4.79 Å². The summed E-state index contributed by atoms with van der Waals surface area (Å²) in [5, 5.41) is 9.27. The fourth-order valence-electron chi connectivity index (χ4n) is 3.57. The highest BCUT2D eigenvalue weighted by atomic mass is 32.2. The van der Waals surface area contributed by atoms with Gasteiger partial charge in [-0.25, -0.2) is 0 Å². The van der Waals surface area contributed by atoms with E-state index in [4.69, 9.17) is 0 Å². The number of rotatable bonds is 5. The van der Waals surface area contributed by atoms with Crippen LogP contribution in [0.1, 0.15) is 29.2 Å². The fraction of sp³-hybridized carbons (Fsp3) is 0.318. The van der Waals surface area contributed by atoms with E-state index in [2.05, 4.69) is 29.3 Å². The van der Waals surface area contributed by atoms with Gasteiger partial charge < -0.3 is 9.47 Å². The van der Waals surface area contributed by atoms with Crippen molar-refractivity contribution in [3.05, 3.63) is 65.7 Å². The summed E-state index contributed by atoms with van der Waals surface area (Å²) in [4.78, 5) is 15.2. The first-order valence-corrected chi connectivity index (χ1v) is 10.5. The number of benzene rings is 2. The number of nitrogens with zero attached hydrogens (tertiary/aromatic N) is 4. The first-order chi connectivity index (χ1) is 13.6. The Bertz CT molecular complexity index is 964.